The van der Waals surface area contributed by atoms with Gasteiger partial charge in [0.05, 0.1) is 12.7 Å². The molecule has 0 fully saturated rings. The van der Waals surface area contributed by atoms with Crippen molar-refractivity contribution in [2.24, 2.45) is 5.73 Å². The molecule has 0 aliphatic heterocycles. The Morgan fingerprint density at radius 3 is 2.44 bits per heavy atom. The lowest BCUT2D eigenvalue weighted by Gasteiger charge is -2.22. The van der Waals surface area contributed by atoms with Gasteiger partial charge in [-0.1, -0.05) is 0 Å². The first-order chi connectivity index (χ1) is 8.46. The molecule has 0 saturated heterocycles. The fraction of sp³-hybridized carbons (Fsp3) is 0.462. The number of benzene rings is 1. The molecule has 5 nitrogen and oxygen atoms in total. The number of rotatable bonds is 6. The first-order valence-corrected chi connectivity index (χ1v) is 5.75. The van der Waals surface area contributed by atoms with Gasteiger partial charge in [0.2, 0.25) is 5.91 Å². The Hall–Kier alpha value is -1.59. The van der Waals surface area contributed by atoms with E-state index in [2.05, 4.69) is 5.32 Å². The average molecular weight is 252 g/mol. The van der Waals surface area contributed by atoms with E-state index in [-0.39, 0.29) is 12.5 Å². The second-order valence-corrected chi connectivity index (χ2v) is 4.53. The minimum absolute atomic E-state index is 0.0176. The minimum atomic E-state index is -0.489. The van der Waals surface area contributed by atoms with Crippen molar-refractivity contribution < 1.29 is 14.3 Å². The Kier molecular flexibility index (Phi) is 5.12. The van der Waals surface area contributed by atoms with Crippen LogP contribution in [0.3, 0.4) is 0 Å². The van der Waals surface area contributed by atoms with Crippen LogP contribution in [0.2, 0.25) is 0 Å². The van der Waals surface area contributed by atoms with Crippen LogP contribution in [0.4, 0.5) is 5.69 Å². The van der Waals surface area contributed by atoms with E-state index >= 15 is 0 Å². The van der Waals surface area contributed by atoms with Gasteiger partial charge in [-0.3, -0.25) is 4.79 Å². The first-order valence-electron chi connectivity index (χ1n) is 5.75. The number of nitrogens with two attached hydrogens (primary N) is 1. The van der Waals surface area contributed by atoms with E-state index in [1.807, 2.05) is 13.8 Å². The van der Waals surface area contributed by atoms with Gasteiger partial charge in [0.25, 0.3) is 0 Å². The number of hydrogen-bond donors (Lipinski definition) is 2. The molecule has 1 amide bonds. The summed E-state index contributed by atoms with van der Waals surface area (Å²) in [7, 11) is 1.59. The summed E-state index contributed by atoms with van der Waals surface area (Å²) in [5, 5.41) is 2.73. The lowest BCUT2D eigenvalue weighted by molar-refractivity contribution is -0.125. The molecule has 100 valence electrons. The van der Waals surface area contributed by atoms with Gasteiger partial charge in [0, 0.05) is 12.2 Å². The van der Waals surface area contributed by atoms with Crippen molar-refractivity contribution in [1.29, 1.82) is 0 Å². The van der Waals surface area contributed by atoms with E-state index in [1.165, 1.54) is 0 Å². The van der Waals surface area contributed by atoms with Gasteiger partial charge in [0.15, 0.2) is 0 Å². The summed E-state index contributed by atoms with van der Waals surface area (Å²) in [5.74, 6) is 0.537. The Labute approximate surface area is 107 Å². The van der Waals surface area contributed by atoms with Crippen LogP contribution in [-0.2, 0) is 9.53 Å². The maximum absolute atomic E-state index is 11.6. The average Bonchev–Trinajstić information content (AvgIpc) is 2.37. The van der Waals surface area contributed by atoms with Crippen LogP contribution >= 0.6 is 0 Å². The highest BCUT2D eigenvalue weighted by molar-refractivity contribution is 5.91. The van der Waals surface area contributed by atoms with Gasteiger partial charge in [0.1, 0.15) is 12.4 Å². The largest absolute Gasteiger partial charge is 0.497 e. The van der Waals surface area contributed by atoms with Crippen molar-refractivity contribution in [3.63, 3.8) is 0 Å². The highest BCUT2D eigenvalue weighted by Crippen LogP contribution is 2.15. The third kappa shape index (κ3) is 4.73. The zero-order valence-electron chi connectivity index (χ0n) is 11.0. The van der Waals surface area contributed by atoms with Crippen molar-refractivity contribution in [3.05, 3.63) is 24.3 Å². The summed E-state index contributed by atoms with van der Waals surface area (Å²) in [6.45, 7) is 4.03. The number of methoxy groups -OCH3 is 1. The van der Waals surface area contributed by atoms with E-state index < -0.39 is 5.60 Å². The molecule has 0 aromatic heterocycles. The summed E-state index contributed by atoms with van der Waals surface area (Å²) >= 11 is 0. The molecule has 0 heterocycles. The van der Waals surface area contributed by atoms with Crippen molar-refractivity contribution >= 4 is 11.6 Å². The molecule has 0 unspecified atom stereocenters. The summed E-state index contributed by atoms with van der Waals surface area (Å²) in [6.07, 6.45) is 0. The normalized spacial score (nSPS) is 11.1. The SMILES string of the molecule is COc1ccc(NC(=O)COC(C)(C)CN)cc1. The maximum atomic E-state index is 11.6. The van der Waals surface area contributed by atoms with E-state index in [0.717, 1.165) is 5.75 Å². The van der Waals surface area contributed by atoms with Crippen LogP contribution in [0.5, 0.6) is 5.75 Å². The smallest absolute Gasteiger partial charge is 0.250 e. The molecule has 0 radical (unpaired) electrons. The second kappa shape index (κ2) is 6.37. The zero-order chi connectivity index (χ0) is 13.6. The van der Waals surface area contributed by atoms with E-state index in [4.69, 9.17) is 15.2 Å². The molecular weight excluding hydrogens is 232 g/mol. The molecule has 0 aliphatic carbocycles. The van der Waals surface area contributed by atoms with Crippen LogP contribution in [0.15, 0.2) is 24.3 Å². The van der Waals surface area contributed by atoms with Crippen LogP contribution in [-0.4, -0.2) is 31.8 Å². The minimum Gasteiger partial charge on any atom is -0.497 e. The molecule has 0 bridgehead atoms. The molecule has 1 aromatic carbocycles. The number of amides is 1. The third-order valence-corrected chi connectivity index (χ3v) is 2.46. The number of ether oxygens (including phenoxy) is 2. The number of carbonyl (C=O) groups excluding carboxylic acids is 1. The van der Waals surface area contributed by atoms with Crippen molar-refractivity contribution in [1.82, 2.24) is 0 Å². The molecule has 1 aromatic rings. The Morgan fingerprint density at radius 1 is 1.33 bits per heavy atom. The van der Waals surface area contributed by atoms with Crippen molar-refractivity contribution in [2.75, 3.05) is 25.6 Å². The van der Waals surface area contributed by atoms with Crippen molar-refractivity contribution in [3.8, 4) is 5.75 Å². The predicted octanol–water partition coefficient (Wildman–Crippen LogP) is 1.39. The monoisotopic (exact) mass is 252 g/mol. The van der Waals surface area contributed by atoms with E-state index in [1.54, 1.807) is 31.4 Å². The topological polar surface area (TPSA) is 73.6 Å². The number of carbonyl (C=O) groups is 1. The molecule has 0 saturated carbocycles. The van der Waals surface area contributed by atoms with Gasteiger partial charge in [-0.15, -0.1) is 0 Å². The number of anilines is 1. The Morgan fingerprint density at radius 2 is 1.94 bits per heavy atom. The van der Waals surface area contributed by atoms with Crippen LogP contribution in [0.1, 0.15) is 13.8 Å². The zero-order valence-corrected chi connectivity index (χ0v) is 11.0. The van der Waals surface area contributed by atoms with Crippen LogP contribution in [0, 0.1) is 0 Å². The van der Waals surface area contributed by atoms with Gasteiger partial charge in [-0.25, -0.2) is 0 Å². The quantitative estimate of drug-likeness (QED) is 0.802. The van der Waals surface area contributed by atoms with E-state index in [0.29, 0.717) is 12.2 Å². The van der Waals surface area contributed by atoms with Gasteiger partial charge < -0.3 is 20.5 Å². The summed E-state index contributed by atoms with van der Waals surface area (Å²) in [5.41, 5.74) is 5.72. The van der Waals surface area contributed by atoms with Gasteiger partial charge in [-0.05, 0) is 38.1 Å². The molecule has 18 heavy (non-hydrogen) atoms. The van der Waals surface area contributed by atoms with Crippen LogP contribution < -0.4 is 15.8 Å². The molecule has 0 aliphatic rings. The molecular formula is C13H20N2O3. The third-order valence-electron chi connectivity index (χ3n) is 2.46. The standard InChI is InChI=1S/C13H20N2O3/c1-13(2,9-14)18-8-12(16)15-10-4-6-11(17-3)7-5-10/h4-7H,8-9,14H2,1-3H3,(H,15,16). The second-order valence-electron chi connectivity index (χ2n) is 4.53. The van der Waals surface area contributed by atoms with Crippen molar-refractivity contribution in [2.45, 2.75) is 19.4 Å². The summed E-state index contributed by atoms with van der Waals surface area (Å²) in [4.78, 5) is 11.6. The van der Waals surface area contributed by atoms with E-state index in [9.17, 15) is 4.79 Å². The Balaban J connectivity index is 2.44. The van der Waals surface area contributed by atoms with Gasteiger partial charge >= 0.3 is 0 Å². The van der Waals surface area contributed by atoms with Crippen LogP contribution in [0.25, 0.3) is 0 Å². The fourth-order valence-corrected chi connectivity index (χ4v) is 1.19. The molecule has 0 spiro atoms. The number of nitrogens with one attached hydrogen (secondary N) is 1. The highest BCUT2D eigenvalue weighted by atomic mass is 16.5. The summed E-state index contributed by atoms with van der Waals surface area (Å²) in [6, 6.07) is 7.09. The number of hydrogen-bond acceptors (Lipinski definition) is 4. The lowest BCUT2D eigenvalue weighted by Crippen LogP contribution is -2.36. The first kappa shape index (κ1) is 14.5. The maximum Gasteiger partial charge on any atom is 0.250 e. The Bertz CT molecular complexity index is 388. The molecule has 5 heteroatoms. The molecule has 1 rings (SSSR count). The molecule has 0 atom stereocenters. The molecule has 3 N–H and O–H groups in total. The lowest BCUT2D eigenvalue weighted by atomic mass is 10.1. The fourth-order valence-electron chi connectivity index (χ4n) is 1.19. The summed E-state index contributed by atoms with van der Waals surface area (Å²) < 4.78 is 10.4. The van der Waals surface area contributed by atoms with Gasteiger partial charge in [-0.2, -0.15) is 0 Å². The highest BCUT2D eigenvalue weighted by Gasteiger charge is 2.17. The predicted molar refractivity (Wildman–Crippen MR) is 70.7 cm³/mol.